The molecule has 1 fully saturated rings. The van der Waals surface area contributed by atoms with Gasteiger partial charge < -0.3 is 10.2 Å². The monoisotopic (exact) mass is 414 g/mol. The fourth-order valence-corrected chi connectivity index (χ4v) is 3.41. The van der Waals surface area contributed by atoms with Crippen LogP contribution in [0.2, 0.25) is 0 Å². The summed E-state index contributed by atoms with van der Waals surface area (Å²) in [5.41, 5.74) is 1.42. The molecular weight excluding hydrogens is 399 g/mol. The molecule has 0 aliphatic carbocycles. The van der Waals surface area contributed by atoms with Gasteiger partial charge in [0.05, 0.1) is 16.6 Å². The Hall–Kier alpha value is -2.54. The molecule has 0 unspecified atom stereocenters. The van der Waals surface area contributed by atoms with Gasteiger partial charge in [-0.25, -0.2) is 14.4 Å². The van der Waals surface area contributed by atoms with E-state index in [9.17, 15) is 9.18 Å². The van der Waals surface area contributed by atoms with E-state index in [4.69, 9.17) is 0 Å². The Bertz CT molecular complexity index is 988. The van der Waals surface area contributed by atoms with Crippen molar-refractivity contribution in [3.8, 4) is 0 Å². The van der Waals surface area contributed by atoms with Gasteiger partial charge in [0.25, 0.3) is 5.91 Å². The molecule has 1 amide bonds. The average Bonchev–Trinajstić information content (AvgIpc) is 3.15. The molecule has 0 bridgehead atoms. The Balaban J connectivity index is 1.74. The van der Waals surface area contributed by atoms with Crippen molar-refractivity contribution >= 4 is 44.5 Å². The molecule has 7 heteroatoms. The number of amides is 1. The van der Waals surface area contributed by atoms with Gasteiger partial charge in [-0.1, -0.05) is 28.1 Å². The first-order valence-corrected chi connectivity index (χ1v) is 9.19. The highest BCUT2D eigenvalue weighted by atomic mass is 79.9. The van der Waals surface area contributed by atoms with E-state index in [1.165, 1.54) is 12.1 Å². The maximum absolute atomic E-state index is 14.1. The molecule has 0 radical (unpaired) electrons. The summed E-state index contributed by atoms with van der Waals surface area (Å²) in [6, 6.07) is 11.8. The highest BCUT2D eigenvalue weighted by Crippen LogP contribution is 2.28. The molecule has 2 aromatic carbocycles. The Kier molecular flexibility index (Phi) is 4.55. The van der Waals surface area contributed by atoms with E-state index in [0.717, 1.165) is 31.4 Å². The van der Waals surface area contributed by atoms with Crippen molar-refractivity contribution in [2.45, 2.75) is 12.8 Å². The van der Waals surface area contributed by atoms with Gasteiger partial charge in [0.1, 0.15) is 5.82 Å². The first-order chi connectivity index (χ1) is 12.6. The van der Waals surface area contributed by atoms with Crippen LogP contribution in [0.5, 0.6) is 0 Å². The number of carbonyl (C=O) groups is 1. The normalized spacial score (nSPS) is 14.0. The van der Waals surface area contributed by atoms with Crippen LogP contribution in [0.4, 0.5) is 16.0 Å². The van der Waals surface area contributed by atoms with Gasteiger partial charge in [-0.2, -0.15) is 0 Å². The molecule has 2 heterocycles. The minimum absolute atomic E-state index is 0.0319. The van der Waals surface area contributed by atoms with Crippen molar-refractivity contribution in [2.24, 2.45) is 0 Å². The predicted molar refractivity (Wildman–Crippen MR) is 103 cm³/mol. The number of para-hydroxylation sites is 2. The predicted octanol–water partition coefficient (Wildman–Crippen LogP) is 4.38. The SMILES string of the molecule is O=C(Nc1nc2ccccc2nc1N1CCCC1)c1ccc(Br)cc1F. The Morgan fingerprint density at radius 3 is 2.46 bits per heavy atom. The number of carbonyl (C=O) groups excluding carboxylic acids is 1. The van der Waals surface area contributed by atoms with Crippen LogP contribution in [0.1, 0.15) is 23.2 Å². The minimum Gasteiger partial charge on any atom is -0.354 e. The molecule has 132 valence electrons. The summed E-state index contributed by atoms with van der Waals surface area (Å²) in [4.78, 5) is 24.0. The molecule has 5 nitrogen and oxygen atoms in total. The third kappa shape index (κ3) is 3.26. The van der Waals surface area contributed by atoms with Crippen LogP contribution in [0, 0.1) is 5.82 Å². The summed E-state index contributed by atoms with van der Waals surface area (Å²) >= 11 is 3.19. The largest absolute Gasteiger partial charge is 0.354 e. The van der Waals surface area contributed by atoms with Gasteiger partial charge in [-0.05, 0) is 43.2 Å². The minimum atomic E-state index is -0.589. The van der Waals surface area contributed by atoms with Gasteiger partial charge >= 0.3 is 0 Å². The average molecular weight is 415 g/mol. The number of fused-ring (bicyclic) bond motifs is 1. The quantitative estimate of drug-likeness (QED) is 0.690. The summed E-state index contributed by atoms with van der Waals surface area (Å²) in [5, 5.41) is 2.75. The molecule has 0 atom stereocenters. The molecule has 1 aliphatic rings. The maximum atomic E-state index is 14.1. The molecule has 0 spiro atoms. The topological polar surface area (TPSA) is 58.1 Å². The number of aromatic nitrogens is 2. The van der Waals surface area contributed by atoms with E-state index in [1.807, 2.05) is 24.3 Å². The van der Waals surface area contributed by atoms with Gasteiger partial charge in [0.15, 0.2) is 11.6 Å². The molecule has 1 N–H and O–H groups in total. The molecule has 1 aliphatic heterocycles. The third-order valence-electron chi connectivity index (χ3n) is 4.37. The standard InChI is InChI=1S/C19H16BrFN4O/c20-12-7-8-13(14(21)11-12)19(26)24-17-18(25-9-3-4-10-25)23-16-6-2-1-5-15(16)22-17/h1-2,5-8,11H,3-4,9-10H2,(H,22,24,26). The lowest BCUT2D eigenvalue weighted by Gasteiger charge is -2.20. The first-order valence-electron chi connectivity index (χ1n) is 8.40. The smallest absolute Gasteiger partial charge is 0.259 e. The maximum Gasteiger partial charge on any atom is 0.259 e. The molecule has 1 saturated heterocycles. The summed E-state index contributed by atoms with van der Waals surface area (Å²) in [5.74, 6) is -0.140. The second-order valence-corrected chi connectivity index (χ2v) is 7.07. The fraction of sp³-hybridized carbons (Fsp3) is 0.211. The van der Waals surface area contributed by atoms with Crippen molar-refractivity contribution in [1.82, 2.24) is 9.97 Å². The van der Waals surface area contributed by atoms with E-state index in [2.05, 4.69) is 36.1 Å². The zero-order valence-corrected chi connectivity index (χ0v) is 15.5. The van der Waals surface area contributed by atoms with E-state index >= 15 is 0 Å². The van der Waals surface area contributed by atoms with Crippen LogP contribution in [-0.2, 0) is 0 Å². The van der Waals surface area contributed by atoms with Crippen LogP contribution < -0.4 is 10.2 Å². The molecule has 4 rings (SSSR count). The Labute approximate surface area is 158 Å². The summed E-state index contributed by atoms with van der Waals surface area (Å²) in [6.45, 7) is 1.73. The number of hydrogen-bond acceptors (Lipinski definition) is 4. The second-order valence-electron chi connectivity index (χ2n) is 6.16. The van der Waals surface area contributed by atoms with E-state index in [1.54, 1.807) is 6.07 Å². The van der Waals surface area contributed by atoms with E-state index in [-0.39, 0.29) is 5.56 Å². The third-order valence-corrected chi connectivity index (χ3v) is 4.86. The van der Waals surface area contributed by atoms with E-state index in [0.29, 0.717) is 21.6 Å². The van der Waals surface area contributed by atoms with Gasteiger partial charge in [-0.3, -0.25) is 4.79 Å². The molecular formula is C19H16BrFN4O. The zero-order chi connectivity index (χ0) is 18.1. The number of rotatable bonds is 3. The molecule has 26 heavy (non-hydrogen) atoms. The highest BCUT2D eigenvalue weighted by molar-refractivity contribution is 9.10. The van der Waals surface area contributed by atoms with Crippen LogP contribution in [0.15, 0.2) is 46.9 Å². The van der Waals surface area contributed by atoms with Crippen molar-refractivity contribution in [1.29, 1.82) is 0 Å². The number of benzene rings is 2. The fourth-order valence-electron chi connectivity index (χ4n) is 3.07. The summed E-state index contributed by atoms with van der Waals surface area (Å²) in [7, 11) is 0. The Morgan fingerprint density at radius 1 is 1.08 bits per heavy atom. The van der Waals surface area contributed by atoms with Crippen LogP contribution >= 0.6 is 15.9 Å². The van der Waals surface area contributed by atoms with E-state index < -0.39 is 11.7 Å². The summed E-state index contributed by atoms with van der Waals surface area (Å²) < 4.78 is 14.7. The van der Waals surface area contributed by atoms with Crippen LogP contribution in [-0.4, -0.2) is 29.0 Å². The zero-order valence-electron chi connectivity index (χ0n) is 13.9. The number of nitrogens with one attached hydrogen (secondary N) is 1. The number of hydrogen-bond donors (Lipinski definition) is 1. The number of halogens is 2. The Morgan fingerprint density at radius 2 is 1.77 bits per heavy atom. The summed E-state index contributed by atoms with van der Waals surface area (Å²) in [6.07, 6.45) is 2.15. The highest BCUT2D eigenvalue weighted by Gasteiger charge is 2.22. The molecule has 3 aromatic rings. The van der Waals surface area contributed by atoms with Gasteiger partial charge in [-0.15, -0.1) is 0 Å². The number of anilines is 2. The second kappa shape index (κ2) is 6.99. The lowest BCUT2D eigenvalue weighted by molar-refractivity contribution is 0.102. The van der Waals surface area contributed by atoms with Gasteiger partial charge in [0.2, 0.25) is 0 Å². The van der Waals surface area contributed by atoms with Gasteiger partial charge in [0, 0.05) is 17.6 Å². The van der Waals surface area contributed by atoms with Crippen molar-refractivity contribution in [3.05, 3.63) is 58.3 Å². The molecule has 0 saturated carbocycles. The lowest BCUT2D eigenvalue weighted by Crippen LogP contribution is -2.23. The first kappa shape index (κ1) is 16.9. The lowest BCUT2D eigenvalue weighted by atomic mass is 10.2. The van der Waals surface area contributed by atoms with Crippen LogP contribution in [0.25, 0.3) is 11.0 Å². The molecule has 1 aromatic heterocycles. The number of nitrogens with zero attached hydrogens (tertiary/aromatic N) is 3. The van der Waals surface area contributed by atoms with Crippen molar-refractivity contribution in [3.63, 3.8) is 0 Å². The van der Waals surface area contributed by atoms with Crippen molar-refractivity contribution < 1.29 is 9.18 Å². The van der Waals surface area contributed by atoms with Crippen molar-refractivity contribution in [2.75, 3.05) is 23.3 Å². The van der Waals surface area contributed by atoms with Crippen LogP contribution in [0.3, 0.4) is 0 Å².